The molecule has 0 radical (unpaired) electrons. The molecule has 19 nitrogen and oxygen atoms in total. The number of nitrogens with zero attached hydrogens (tertiary/aromatic N) is 9. The highest BCUT2D eigenvalue weighted by Crippen LogP contribution is 2.53. The van der Waals surface area contributed by atoms with Gasteiger partial charge in [0, 0.05) is 60.7 Å². The molecule has 0 fully saturated rings. The number of fused-ring (bicyclic) bond motifs is 3. The minimum absolute atomic E-state index is 0.183. The molecule has 578 valence electrons. The van der Waals surface area contributed by atoms with E-state index < -0.39 is 80.7 Å². The fourth-order valence-electron chi connectivity index (χ4n) is 14.1. The topological polar surface area (TPSA) is 227 Å². The van der Waals surface area contributed by atoms with Gasteiger partial charge in [0.1, 0.15) is 11.6 Å². The maximum Gasteiger partial charge on any atom is 0.573 e. The Labute approximate surface area is 647 Å². The first-order chi connectivity index (χ1) is 53.9. The van der Waals surface area contributed by atoms with Gasteiger partial charge in [-0.25, -0.2) is 19.9 Å². The fraction of sp³-hybridized carbons (Fsp3) is 0.174. The Kier molecular flexibility index (Phi) is 20.8. The molecule has 7 heterocycles. The summed E-state index contributed by atoms with van der Waals surface area (Å²) in [5.74, 6) is -3.29. The Balaban J connectivity index is 0.000000149. The number of pyridine rings is 2. The van der Waals surface area contributed by atoms with Gasteiger partial charge in [0.25, 0.3) is 17.7 Å². The summed E-state index contributed by atoms with van der Waals surface area (Å²) < 4.78 is 129. The van der Waals surface area contributed by atoms with Gasteiger partial charge in [-0.15, -0.1) is 13.2 Å². The number of halogens is 9. The summed E-state index contributed by atoms with van der Waals surface area (Å²) >= 11 is 0. The summed E-state index contributed by atoms with van der Waals surface area (Å²) in [6.45, 7) is 14.3. The van der Waals surface area contributed by atoms with Crippen LogP contribution in [-0.2, 0) is 50.0 Å². The predicted octanol–water partition coefficient (Wildman–Crippen LogP) is 19.6. The molecule has 0 unspecified atom stereocenters. The van der Waals surface area contributed by atoms with Gasteiger partial charge < -0.3 is 20.7 Å². The fourth-order valence-corrected chi connectivity index (χ4v) is 14.1. The minimum Gasteiger partial charge on any atom is -0.405 e. The van der Waals surface area contributed by atoms with Crippen molar-refractivity contribution in [2.75, 3.05) is 30.7 Å². The Hall–Kier alpha value is -13.7. The van der Waals surface area contributed by atoms with E-state index in [1.807, 2.05) is 13.8 Å². The molecule has 4 aromatic heterocycles. The van der Waals surface area contributed by atoms with Crippen molar-refractivity contribution in [3.05, 3.63) is 293 Å². The molecule has 3 N–H and O–H groups in total. The monoisotopic (exact) mass is 1550 g/mol. The predicted molar refractivity (Wildman–Crippen MR) is 413 cm³/mol. The van der Waals surface area contributed by atoms with Gasteiger partial charge in [-0.1, -0.05) is 96.1 Å². The number of aromatic nitrogens is 6. The second kappa shape index (κ2) is 30.2. The largest absolute Gasteiger partial charge is 0.573 e. The van der Waals surface area contributed by atoms with Gasteiger partial charge in [-0.2, -0.15) is 31.4 Å². The molecule has 15 rings (SSSR count). The zero-order valence-corrected chi connectivity index (χ0v) is 62.3. The zero-order valence-electron chi connectivity index (χ0n) is 62.3. The minimum atomic E-state index is -5.00. The molecule has 0 bridgehead atoms. The number of hydrogen-bond donors (Lipinski definition) is 3. The quantitative estimate of drug-likeness (QED) is 0.0916. The number of ether oxygens (including phenoxy) is 1. The SMILES string of the molecule is CC1(C)C(=O)N(c2cccnc2)c2nccc(-c3ccc(C(F)(F)F)c(C(=O)Nc4ccccc4)c3)c21.Cc1ccc(NC(=O)c2cc(-c3cccc4c3C(C)(C)C(=O)N4c3cnn(C)c3)ccc2C(F)(F)F)cc1.Cc1ccc(NC(=O)c2cc(-c3cccc4c3C(C)(C)C(=O)N4c3ncccn3)ccc2OC(F)(F)F)cc1. The lowest BCUT2D eigenvalue weighted by atomic mass is 9.81. The second-order valence-corrected chi connectivity index (χ2v) is 28.6. The molecule has 12 aromatic rings. The van der Waals surface area contributed by atoms with Crippen molar-refractivity contribution in [3.8, 4) is 39.1 Å². The van der Waals surface area contributed by atoms with E-state index in [1.54, 1.807) is 222 Å². The summed E-state index contributed by atoms with van der Waals surface area (Å²) in [7, 11) is 1.75. The maximum atomic E-state index is 13.9. The zero-order chi connectivity index (χ0) is 81.7. The molecular formula is C86H69F9N12O7. The standard InChI is InChI=1S/C29H23F3N4O3.C29H25F3N4O2.C28H21F3N4O2/c1-17-8-11-19(12-9-17)35-25(37)21-16-18(10-13-23(21)39-29(30,31)32)20-6-4-7-22-24(20)28(2,3)26(38)36(22)27-33-14-5-15-34-27;1-17-8-11-19(12-9-17)34-26(37)22-14-18(10-13-23(22)29(30,31)32)21-6-5-7-24-25(21)28(2,3)27(38)36(24)20-15-33-35(4)16-20;1-27(2)23-20(12-14-33-24(23)35(26(27)37)19-9-6-13-32-16-19)17-10-11-22(28(29,30)31)21(15-17)25(36)34-18-7-4-3-5-8-18/h4-16H,1-3H3,(H,35,37);5-16H,1-4H3,(H,34,37);3-16H,1-2H3,(H,34,36). The van der Waals surface area contributed by atoms with Crippen LogP contribution in [0.25, 0.3) is 33.4 Å². The number of para-hydroxylation sites is 1. The summed E-state index contributed by atoms with van der Waals surface area (Å²) in [6.07, 6.45) is -3.48. The van der Waals surface area contributed by atoms with Crippen molar-refractivity contribution in [3.63, 3.8) is 0 Å². The Morgan fingerprint density at radius 3 is 1.36 bits per heavy atom. The van der Waals surface area contributed by atoms with E-state index in [0.29, 0.717) is 95.7 Å². The summed E-state index contributed by atoms with van der Waals surface area (Å²) in [5, 5.41) is 11.9. The van der Waals surface area contributed by atoms with Crippen molar-refractivity contribution in [2.24, 2.45) is 7.05 Å². The lowest BCUT2D eigenvalue weighted by Gasteiger charge is -2.21. The van der Waals surface area contributed by atoms with E-state index in [2.05, 4.69) is 45.7 Å². The molecule has 28 heteroatoms. The average Bonchev–Trinajstić information content (AvgIpc) is 1.55. The van der Waals surface area contributed by atoms with E-state index in [-0.39, 0.29) is 29.2 Å². The second-order valence-electron chi connectivity index (χ2n) is 28.6. The molecule has 114 heavy (non-hydrogen) atoms. The normalized spacial score (nSPS) is 14.4. The molecule has 0 saturated heterocycles. The van der Waals surface area contributed by atoms with E-state index >= 15 is 0 Å². The van der Waals surface area contributed by atoms with Crippen LogP contribution in [-0.4, -0.2) is 71.5 Å². The van der Waals surface area contributed by atoms with Crippen molar-refractivity contribution < 1.29 is 73.0 Å². The highest BCUT2D eigenvalue weighted by atomic mass is 19.4. The van der Waals surface area contributed by atoms with Gasteiger partial charge in [0.15, 0.2) is 0 Å². The van der Waals surface area contributed by atoms with Crippen molar-refractivity contribution in [1.29, 1.82) is 0 Å². The molecule has 8 aromatic carbocycles. The number of nitrogens with one attached hydrogen (secondary N) is 3. The van der Waals surface area contributed by atoms with Crippen LogP contribution in [0.1, 0.15) is 112 Å². The number of amides is 6. The third-order valence-corrected chi connectivity index (χ3v) is 19.6. The number of carbonyl (C=O) groups is 6. The number of carbonyl (C=O) groups excluding carboxylic acids is 6. The summed E-state index contributed by atoms with van der Waals surface area (Å²) in [4.78, 5) is 101. The third kappa shape index (κ3) is 15.5. The van der Waals surface area contributed by atoms with Gasteiger partial charge >= 0.3 is 18.7 Å². The van der Waals surface area contributed by atoms with Crippen LogP contribution >= 0.6 is 0 Å². The molecule has 0 atom stereocenters. The number of hydrogen-bond acceptors (Lipinski definition) is 12. The number of benzene rings is 8. The maximum absolute atomic E-state index is 13.9. The lowest BCUT2D eigenvalue weighted by molar-refractivity contribution is -0.274. The van der Waals surface area contributed by atoms with Crippen LogP contribution in [0.5, 0.6) is 5.75 Å². The van der Waals surface area contributed by atoms with Crippen LogP contribution in [0.3, 0.4) is 0 Å². The van der Waals surface area contributed by atoms with Gasteiger partial charge in [-0.3, -0.25) is 48.2 Å². The van der Waals surface area contributed by atoms with Crippen molar-refractivity contribution in [2.45, 2.75) is 90.3 Å². The first kappa shape index (κ1) is 78.5. The van der Waals surface area contributed by atoms with Crippen LogP contribution in [0, 0.1) is 13.8 Å². The molecule has 3 aliphatic heterocycles. The lowest BCUT2D eigenvalue weighted by Crippen LogP contribution is -2.34. The number of anilines is 9. The highest BCUT2D eigenvalue weighted by molar-refractivity contribution is 6.17. The van der Waals surface area contributed by atoms with E-state index in [1.165, 1.54) is 64.8 Å². The number of alkyl halides is 9. The molecule has 0 spiro atoms. The Morgan fingerprint density at radius 1 is 0.421 bits per heavy atom. The smallest absolute Gasteiger partial charge is 0.405 e. The van der Waals surface area contributed by atoms with Gasteiger partial charge in [-0.05, 0) is 209 Å². The molecule has 3 aliphatic rings. The Bertz CT molecular complexity index is 5760. The van der Waals surface area contributed by atoms with Crippen LogP contribution in [0.4, 0.5) is 91.1 Å². The molecule has 0 aliphatic carbocycles. The van der Waals surface area contributed by atoms with Crippen LogP contribution < -0.4 is 35.4 Å². The van der Waals surface area contributed by atoms with Crippen molar-refractivity contribution >= 4 is 87.0 Å². The third-order valence-electron chi connectivity index (χ3n) is 19.6. The number of rotatable bonds is 13. The number of aryl methyl sites for hydroxylation is 3. The van der Waals surface area contributed by atoms with E-state index in [4.69, 9.17) is 0 Å². The average molecular weight is 1550 g/mol. The summed E-state index contributed by atoms with van der Waals surface area (Å²) in [6, 6.07) is 49.9. The molecular weight excluding hydrogens is 1480 g/mol. The molecule has 6 amide bonds. The van der Waals surface area contributed by atoms with Gasteiger partial charge in [0.2, 0.25) is 23.7 Å². The van der Waals surface area contributed by atoms with Crippen molar-refractivity contribution in [1.82, 2.24) is 29.7 Å². The summed E-state index contributed by atoms with van der Waals surface area (Å²) in [5.41, 5.74) is 3.64. The van der Waals surface area contributed by atoms with E-state index in [9.17, 15) is 68.3 Å². The van der Waals surface area contributed by atoms with Gasteiger partial charge in [0.05, 0.1) is 79.2 Å². The van der Waals surface area contributed by atoms with E-state index in [0.717, 1.165) is 29.3 Å². The highest BCUT2D eigenvalue weighted by Gasteiger charge is 2.51. The first-order valence-corrected chi connectivity index (χ1v) is 35.3. The molecule has 0 saturated carbocycles. The van der Waals surface area contributed by atoms with Crippen LogP contribution in [0.2, 0.25) is 0 Å². The van der Waals surface area contributed by atoms with Crippen LogP contribution in [0.15, 0.2) is 238 Å². The first-order valence-electron chi connectivity index (χ1n) is 35.3. The Morgan fingerprint density at radius 2 is 0.877 bits per heavy atom.